The lowest BCUT2D eigenvalue weighted by molar-refractivity contribution is -0.134. The average molecular weight is 493 g/mol. The normalized spacial score (nSPS) is 39.0. The highest BCUT2D eigenvalue weighted by Crippen LogP contribution is 2.39. The van der Waals surface area contributed by atoms with Gasteiger partial charge in [0.25, 0.3) is 0 Å². The van der Waals surface area contributed by atoms with Crippen LogP contribution in [0.5, 0.6) is 0 Å². The summed E-state index contributed by atoms with van der Waals surface area (Å²) in [7, 11) is 0. The van der Waals surface area contributed by atoms with Crippen molar-refractivity contribution in [1.29, 1.82) is 0 Å². The number of fused-ring (bicyclic) bond motifs is 2. The molecular weight excluding hydrogens is 448 g/mol. The molecule has 198 valence electrons. The second-order valence-electron chi connectivity index (χ2n) is 11.1. The van der Waals surface area contributed by atoms with Crippen molar-refractivity contribution in [1.82, 2.24) is 32.3 Å². The Bertz CT molecular complexity index is 726. The largest absolute Gasteiger partial charge is 0.378 e. The summed E-state index contributed by atoms with van der Waals surface area (Å²) in [4.78, 5) is 30.1. The molecule has 35 heavy (non-hydrogen) atoms. The van der Waals surface area contributed by atoms with E-state index in [4.69, 9.17) is 9.57 Å². The Labute approximate surface area is 208 Å². The van der Waals surface area contributed by atoms with E-state index in [-0.39, 0.29) is 36.3 Å². The highest BCUT2D eigenvalue weighted by Gasteiger charge is 2.41. The zero-order valence-corrected chi connectivity index (χ0v) is 20.9. The van der Waals surface area contributed by atoms with E-state index in [1.54, 1.807) is 0 Å². The fraction of sp³-hybridized carbons (Fsp3) is 0.920. The summed E-state index contributed by atoms with van der Waals surface area (Å²) >= 11 is 0. The number of hydrazine groups is 1. The van der Waals surface area contributed by atoms with E-state index in [2.05, 4.69) is 32.3 Å². The van der Waals surface area contributed by atoms with Crippen LogP contribution in [0.25, 0.3) is 0 Å². The molecule has 0 spiro atoms. The summed E-state index contributed by atoms with van der Waals surface area (Å²) in [6.07, 6.45) is 12.9. The third-order valence-corrected chi connectivity index (χ3v) is 8.79. The Morgan fingerprint density at radius 3 is 2.89 bits per heavy atom. The zero-order valence-electron chi connectivity index (χ0n) is 20.9. The monoisotopic (exact) mass is 492 g/mol. The molecule has 6 N–H and O–H groups in total. The molecule has 0 bridgehead atoms. The number of carbonyl (C=O) groups excluding carboxylic acids is 2. The Hall–Kier alpha value is -1.30. The minimum atomic E-state index is -0.0263. The fourth-order valence-electron chi connectivity index (χ4n) is 6.81. The Morgan fingerprint density at radius 1 is 1.03 bits per heavy atom. The molecule has 3 aliphatic heterocycles. The van der Waals surface area contributed by atoms with Gasteiger partial charge in [-0.3, -0.25) is 25.2 Å². The third kappa shape index (κ3) is 6.53. The second kappa shape index (κ2) is 12.3. The van der Waals surface area contributed by atoms with Crippen LogP contribution < -0.4 is 32.3 Å². The number of nitrogens with one attached hydrogen (secondary N) is 6. The lowest BCUT2D eigenvalue weighted by Gasteiger charge is -2.41. The molecule has 10 heteroatoms. The fourth-order valence-corrected chi connectivity index (χ4v) is 6.81. The van der Waals surface area contributed by atoms with Gasteiger partial charge in [0.15, 0.2) is 0 Å². The summed E-state index contributed by atoms with van der Waals surface area (Å²) in [5.74, 6) is 2.02. The Kier molecular flexibility index (Phi) is 8.91. The highest BCUT2D eigenvalue weighted by molar-refractivity contribution is 5.79. The van der Waals surface area contributed by atoms with Crippen molar-refractivity contribution in [2.24, 2.45) is 23.7 Å². The van der Waals surface area contributed by atoms with E-state index in [1.807, 2.05) is 0 Å². The van der Waals surface area contributed by atoms with E-state index in [9.17, 15) is 9.59 Å². The standard InChI is InChI=1S/C25H44N6O4/c32-21(26-12-4-13-27-24-18-5-1-2-6-19(18)25(33)30-29-24)7-3-8-22-28-23(31-35-22)17-9-10-20-16(15-17)11-14-34-20/h16-20,22-24,27-29,31H,1-15H2,(H,26,32)(H,30,33). The quantitative estimate of drug-likeness (QED) is 0.250. The molecular formula is C25H44N6O4. The number of ether oxygens (including phenoxy) is 1. The summed E-state index contributed by atoms with van der Waals surface area (Å²) in [6, 6.07) is 0. The number of hydroxylamine groups is 1. The van der Waals surface area contributed by atoms with E-state index < -0.39 is 0 Å². The zero-order chi connectivity index (χ0) is 24.0. The van der Waals surface area contributed by atoms with Crippen LogP contribution in [0.1, 0.15) is 77.0 Å². The first kappa shape index (κ1) is 25.4. The Balaban J connectivity index is 0.901. The number of carbonyl (C=O) groups is 2. The van der Waals surface area contributed by atoms with Crippen LogP contribution in [0.4, 0.5) is 0 Å². The van der Waals surface area contributed by atoms with Crippen LogP contribution in [0.15, 0.2) is 0 Å². The van der Waals surface area contributed by atoms with Gasteiger partial charge in [0, 0.05) is 31.4 Å². The van der Waals surface area contributed by atoms with Crippen LogP contribution in [0.2, 0.25) is 0 Å². The molecule has 5 rings (SSSR count). The molecule has 2 saturated carbocycles. The van der Waals surface area contributed by atoms with Crippen molar-refractivity contribution in [2.45, 2.75) is 102 Å². The molecule has 10 nitrogen and oxygen atoms in total. The molecule has 2 aliphatic carbocycles. The second-order valence-corrected chi connectivity index (χ2v) is 11.1. The first-order chi connectivity index (χ1) is 17.2. The van der Waals surface area contributed by atoms with E-state index in [0.717, 1.165) is 58.1 Å². The van der Waals surface area contributed by atoms with Gasteiger partial charge in [0.2, 0.25) is 11.8 Å². The van der Waals surface area contributed by atoms with Gasteiger partial charge in [-0.2, -0.15) is 5.48 Å². The number of amides is 2. The maximum Gasteiger partial charge on any atom is 0.237 e. The molecule has 3 saturated heterocycles. The van der Waals surface area contributed by atoms with Crippen molar-refractivity contribution in [3.05, 3.63) is 0 Å². The van der Waals surface area contributed by atoms with Gasteiger partial charge in [0.05, 0.1) is 18.4 Å². The molecule has 0 aromatic rings. The van der Waals surface area contributed by atoms with E-state index >= 15 is 0 Å². The predicted octanol–water partition coefficient (Wildman–Crippen LogP) is 1.00. The van der Waals surface area contributed by atoms with Crippen molar-refractivity contribution in [2.75, 3.05) is 19.7 Å². The van der Waals surface area contributed by atoms with Crippen LogP contribution in [-0.4, -0.2) is 56.2 Å². The summed E-state index contributed by atoms with van der Waals surface area (Å²) in [6.45, 7) is 2.39. The molecule has 0 aromatic heterocycles. The van der Waals surface area contributed by atoms with Crippen molar-refractivity contribution in [3.8, 4) is 0 Å². The van der Waals surface area contributed by atoms with Crippen molar-refractivity contribution < 1.29 is 19.2 Å². The summed E-state index contributed by atoms with van der Waals surface area (Å²) in [5.41, 5.74) is 9.15. The summed E-state index contributed by atoms with van der Waals surface area (Å²) < 4.78 is 5.83. The lowest BCUT2D eigenvalue weighted by atomic mass is 9.76. The molecule has 0 radical (unpaired) electrons. The molecule has 5 aliphatic rings. The van der Waals surface area contributed by atoms with Gasteiger partial charge in [-0.25, -0.2) is 5.43 Å². The van der Waals surface area contributed by atoms with Gasteiger partial charge in [0.1, 0.15) is 6.23 Å². The molecule has 8 atom stereocenters. The topological polar surface area (TPSA) is 125 Å². The smallest absolute Gasteiger partial charge is 0.237 e. The summed E-state index contributed by atoms with van der Waals surface area (Å²) in [5, 5.41) is 10.1. The average Bonchev–Trinajstić information content (AvgIpc) is 3.54. The number of hydrogen-bond donors (Lipinski definition) is 6. The maximum atomic E-state index is 12.2. The van der Waals surface area contributed by atoms with Gasteiger partial charge < -0.3 is 15.4 Å². The van der Waals surface area contributed by atoms with Crippen molar-refractivity contribution >= 4 is 11.8 Å². The minimum Gasteiger partial charge on any atom is -0.378 e. The highest BCUT2D eigenvalue weighted by atomic mass is 16.7. The first-order valence-corrected chi connectivity index (χ1v) is 14.0. The van der Waals surface area contributed by atoms with Gasteiger partial charge >= 0.3 is 0 Å². The van der Waals surface area contributed by atoms with Crippen molar-refractivity contribution in [3.63, 3.8) is 0 Å². The van der Waals surface area contributed by atoms with E-state index in [0.29, 0.717) is 36.8 Å². The van der Waals surface area contributed by atoms with E-state index in [1.165, 1.54) is 25.7 Å². The third-order valence-electron chi connectivity index (χ3n) is 8.79. The van der Waals surface area contributed by atoms with Gasteiger partial charge in [-0.1, -0.05) is 12.8 Å². The van der Waals surface area contributed by atoms with Crippen LogP contribution in [-0.2, 0) is 19.2 Å². The van der Waals surface area contributed by atoms with Gasteiger partial charge in [-0.05, 0) is 76.2 Å². The molecule has 3 heterocycles. The predicted molar refractivity (Wildman–Crippen MR) is 130 cm³/mol. The lowest BCUT2D eigenvalue weighted by Crippen LogP contribution is -2.64. The first-order valence-electron chi connectivity index (χ1n) is 14.0. The SMILES string of the molecule is O=C(CCCC1NC(C2CCC3OCCC3C2)NO1)NCCCNC1NNC(=O)C2CCCCC12. The number of hydrogen-bond acceptors (Lipinski definition) is 8. The maximum absolute atomic E-state index is 12.2. The molecule has 5 fully saturated rings. The minimum absolute atomic E-state index is 0.0263. The number of rotatable bonds is 10. The molecule has 2 amide bonds. The van der Waals surface area contributed by atoms with Crippen LogP contribution >= 0.6 is 0 Å². The molecule has 8 unspecified atom stereocenters. The van der Waals surface area contributed by atoms with Crippen LogP contribution in [0.3, 0.4) is 0 Å². The van der Waals surface area contributed by atoms with Crippen LogP contribution in [0, 0.1) is 23.7 Å². The Morgan fingerprint density at radius 2 is 1.94 bits per heavy atom. The van der Waals surface area contributed by atoms with Gasteiger partial charge in [-0.15, -0.1) is 0 Å². The molecule has 0 aromatic carbocycles.